The van der Waals surface area contributed by atoms with Gasteiger partial charge in [-0.25, -0.2) is 4.79 Å². The maximum absolute atomic E-state index is 14.8. The molecule has 45 heavy (non-hydrogen) atoms. The topological polar surface area (TPSA) is 142 Å². The highest BCUT2D eigenvalue weighted by Crippen LogP contribution is 2.75. The molecule has 3 saturated carbocycles. The average Bonchev–Trinajstić information content (AvgIpc) is 3.87. The summed E-state index contributed by atoms with van der Waals surface area (Å²) in [6, 6.07) is 0.0148. The third kappa shape index (κ3) is 5.58. The molecule has 0 radical (unpaired) electrons. The van der Waals surface area contributed by atoms with Crippen molar-refractivity contribution in [2.24, 2.45) is 28.6 Å². The van der Waals surface area contributed by atoms with Crippen LogP contribution in [-0.2, 0) is 19.1 Å². The van der Waals surface area contributed by atoms with E-state index in [9.17, 15) is 29.7 Å². The number of esters is 1. The number of ether oxygens (including phenoxy) is 2. The van der Waals surface area contributed by atoms with E-state index in [1.54, 1.807) is 19.1 Å². The van der Waals surface area contributed by atoms with Crippen LogP contribution in [0.25, 0.3) is 0 Å². The summed E-state index contributed by atoms with van der Waals surface area (Å²) < 4.78 is 12.2. The van der Waals surface area contributed by atoms with Crippen LogP contribution in [0.3, 0.4) is 0 Å². The number of aliphatic hydroxyl groups excluding tert-OH is 2. The summed E-state index contributed by atoms with van der Waals surface area (Å²) in [5.74, 6) is -2.38. The molecule has 4 N–H and O–H groups in total. The Morgan fingerprint density at radius 3 is 2.27 bits per heavy atom. The first kappa shape index (κ1) is 34.1. The fourth-order valence-electron chi connectivity index (χ4n) is 9.26. The SMILES string of the molecule is CCCCCCCCCCCC(=O)O[C@@]12C[C@@H](C)[C@]34C=C(C)[C@H](OC(=O)NC5CC5)[C@@]3(O)[C@H](O)C(CO)=C[C@H](C4=O)[C@@H]1C2(C)C. The highest BCUT2D eigenvalue weighted by atomic mass is 16.6. The number of alkyl carbamates (subject to hydrolysis) is 1. The lowest BCUT2D eigenvalue weighted by Crippen LogP contribution is -2.66. The lowest BCUT2D eigenvalue weighted by molar-refractivity contribution is -0.191. The van der Waals surface area contributed by atoms with E-state index in [-0.39, 0.29) is 23.4 Å². The number of carbonyl (C=O) groups excluding carboxylic acids is 3. The zero-order valence-corrected chi connectivity index (χ0v) is 27.9. The van der Waals surface area contributed by atoms with Crippen molar-refractivity contribution in [3.8, 4) is 0 Å². The van der Waals surface area contributed by atoms with Crippen LogP contribution in [-0.4, -0.2) is 69.2 Å². The molecule has 9 nitrogen and oxygen atoms in total. The quantitative estimate of drug-likeness (QED) is 0.115. The van der Waals surface area contributed by atoms with E-state index in [0.717, 1.165) is 32.1 Å². The zero-order valence-electron chi connectivity index (χ0n) is 27.9. The van der Waals surface area contributed by atoms with E-state index < -0.39 is 64.7 Å². The van der Waals surface area contributed by atoms with Gasteiger partial charge in [-0.05, 0) is 49.7 Å². The molecule has 0 aromatic heterocycles. The minimum atomic E-state index is -2.25. The van der Waals surface area contributed by atoms with Crippen molar-refractivity contribution in [1.82, 2.24) is 5.32 Å². The molecule has 0 aliphatic heterocycles. The predicted octanol–water partition coefficient (Wildman–Crippen LogP) is 5.30. The molecule has 3 fully saturated rings. The first-order valence-electron chi connectivity index (χ1n) is 17.5. The van der Waals surface area contributed by atoms with Gasteiger partial charge in [-0.1, -0.05) is 91.2 Å². The van der Waals surface area contributed by atoms with Crippen molar-refractivity contribution in [3.63, 3.8) is 0 Å². The maximum Gasteiger partial charge on any atom is 0.408 e. The zero-order chi connectivity index (χ0) is 32.8. The molecule has 0 aromatic carbocycles. The highest BCUT2D eigenvalue weighted by molar-refractivity contribution is 5.96. The van der Waals surface area contributed by atoms with Crippen molar-refractivity contribution < 1.29 is 39.2 Å². The van der Waals surface area contributed by atoms with Gasteiger partial charge in [0.15, 0.2) is 17.5 Å². The van der Waals surface area contributed by atoms with E-state index in [1.165, 1.54) is 38.5 Å². The average molecular weight is 630 g/mol. The molecule has 0 heterocycles. The van der Waals surface area contributed by atoms with Crippen molar-refractivity contribution in [3.05, 3.63) is 23.3 Å². The number of unbranched alkanes of at least 4 members (excludes halogenated alkanes) is 8. The monoisotopic (exact) mass is 629 g/mol. The Labute approximate surface area is 268 Å². The third-order valence-electron chi connectivity index (χ3n) is 11.9. The first-order valence-corrected chi connectivity index (χ1v) is 17.5. The third-order valence-corrected chi connectivity index (χ3v) is 11.9. The number of allylic oxidation sites excluding steroid dienone is 1. The number of fused-ring (bicyclic) bond motifs is 3. The normalized spacial score (nSPS) is 37.8. The second-order valence-corrected chi connectivity index (χ2v) is 15.2. The second-order valence-electron chi connectivity index (χ2n) is 15.2. The van der Waals surface area contributed by atoms with Crippen LogP contribution >= 0.6 is 0 Å². The van der Waals surface area contributed by atoms with Gasteiger partial charge in [-0.15, -0.1) is 0 Å². The summed E-state index contributed by atoms with van der Waals surface area (Å²) >= 11 is 0. The van der Waals surface area contributed by atoms with E-state index >= 15 is 0 Å². The number of carbonyl (C=O) groups is 3. The number of hydrogen-bond acceptors (Lipinski definition) is 8. The number of Topliss-reactive ketones (excluding diaryl/α,β-unsaturated/α-hetero) is 1. The molecule has 1 spiro atoms. The van der Waals surface area contributed by atoms with Gasteiger partial charge in [0.2, 0.25) is 0 Å². The second kappa shape index (κ2) is 12.8. The molecule has 0 saturated heterocycles. The van der Waals surface area contributed by atoms with Crippen LogP contribution < -0.4 is 5.32 Å². The van der Waals surface area contributed by atoms with Crippen molar-refractivity contribution in [2.45, 2.75) is 148 Å². The molecule has 1 amide bonds. The molecule has 2 bridgehead atoms. The van der Waals surface area contributed by atoms with Crippen LogP contribution in [0.4, 0.5) is 4.79 Å². The van der Waals surface area contributed by atoms with Gasteiger partial charge in [0.25, 0.3) is 0 Å². The van der Waals surface area contributed by atoms with Gasteiger partial charge in [-0.2, -0.15) is 0 Å². The van der Waals surface area contributed by atoms with E-state index in [1.807, 2.05) is 20.8 Å². The molecular formula is C36H55NO8. The van der Waals surface area contributed by atoms with Gasteiger partial charge < -0.3 is 30.1 Å². The summed E-state index contributed by atoms with van der Waals surface area (Å²) in [6.45, 7) is 9.18. The molecule has 5 aliphatic carbocycles. The molecule has 0 unspecified atom stereocenters. The summed E-state index contributed by atoms with van der Waals surface area (Å²) in [5.41, 5.74) is -4.80. The Morgan fingerprint density at radius 2 is 1.67 bits per heavy atom. The van der Waals surface area contributed by atoms with Crippen LogP contribution in [0.5, 0.6) is 0 Å². The number of amides is 1. The smallest absolute Gasteiger partial charge is 0.408 e. The number of aliphatic hydroxyl groups is 3. The predicted molar refractivity (Wildman–Crippen MR) is 169 cm³/mol. The van der Waals surface area contributed by atoms with Crippen LogP contribution in [0.15, 0.2) is 23.3 Å². The Hall–Kier alpha value is -2.23. The Balaban J connectivity index is 1.37. The van der Waals surface area contributed by atoms with E-state index in [0.29, 0.717) is 18.4 Å². The number of ketones is 1. The lowest BCUT2D eigenvalue weighted by atomic mass is 9.59. The molecule has 5 aliphatic rings. The van der Waals surface area contributed by atoms with E-state index in [4.69, 9.17) is 9.47 Å². The summed E-state index contributed by atoms with van der Waals surface area (Å²) in [5, 5.41) is 37.5. The maximum atomic E-state index is 14.8. The van der Waals surface area contributed by atoms with Crippen LogP contribution in [0.2, 0.25) is 0 Å². The molecule has 9 heteroatoms. The largest absolute Gasteiger partial charge is 0.458 e. The van der Waals surface area contributed by atoms with Gasteiger partial charge in [0, 0.05) is 29.7 Å². The summed E-state index contributed by atoms with van der Waals surface area (Å²) in [4.78, 5) is 41.0. The van der Waals surface area contributed by atoms with E-state index in [2.05, 4.69) is 12.2 Å². The Bertz CT molecular complexity index is 1220. The fraction of sp³-hybridized carbons (Fsp3) is 0.806. The molecule has 0 aromatic rings. The molecule has 5 rings (SSSR count). The number of hydrogen-bond donors (Lipinski definition) is 4. The van der Waals surface area contributed by atoms with Gasteiger partial charge in [0.1, 0.15) is 11.7 Å². The molecule has 252 valence electrons. The molecule has 8 atom stereocenters. The standard InChI is InChI=1S/C36H55NO8/c1-6-7-8-9-10-11-12-13-14-15-27(39)45-35-20-23(3)34-19-22(2)31(44-32(42)37-25-16-17-25)36(34,43)29(40)24(21-38)18-26(30(34)41)28(35)33(35,4)5/h18-19,23,25-26,28-29,31,38,40,43H,6-17,20-21H2,1-5H3,(H,37,42)/t23-,26+,28-,29-,31+,34+,35+,36+/m1/s1. The van der Waals surface area contributed by atoms with Gasteiger partial charge >= 0.3 is 12.1 Å². The van der Waals surface area contributed by atoms with Crippen LogP contribution in [0, 0.1) is 28.6 Å². The lowest BCUT2D eigenvalue weighted by Gasteiger charge is -2.49. The minimum absolute atomic E-state index is 0.0148. The number of rotatable bonds is 14. The van der Waals surface area contributed by atoms with Crippen molar-refractivity contribution in [1.29, 1.82) is 0 Å². The summed E-state index contributed by atoms with van der Waals surface area (Å²) in [7, 11) is 0. The Kier molecular flexibility index (Phi) is 9.67. The van der Waals surface area contributed by atoms with Gasteiger partial charge in [-0.3, -0.25) is 9.59 Å². The van der Waals surface area contributed by atoms with Crippen molar-refractivity contribution >= 4 is 17.8 Å². The first-order chi connectivity index (χ1) is 21.3. The Morgan fingerprint density at radius 1 is 1.04 bits per heavy atom. The molecular weight excluding hydrogens is 574 g/mol. The highest BCUT2D eigenvalue weighted by Gasteiger charge is 2.83. The van der Waals surface area contributed by atoms with Crippen molar-refractivity contribution in [2.75, 3.05) is 6.61 Å². The van der Waals surface area contributed by atoms with Crippen LogP contribution in [0.1, 0.15) is 118 Å². The summed E-state index contributed by atoms with van der Waals surface area (Å²) in [6.07, 6.45) is 12.2. The minimum Gasteiger partial charge on any atom is -0.458 e. The fourth-order valence-corrected chi connectivity index (χ4v) is 9.26. The number of nitrogens with one attached hydrogen (secondary N) is 1. The van der Waals surface area contributed by atoms with Gasteiger partial charge in [0.05, 0.1) is 12.0 Å².